The maximum atomic E-state index is 13.4. The van der Waals surface area contributed by atoms with Gasteiger partial charge in [-0.15, -0.1) is 0 Å². The van der Waals surface area contributed by atoms with Crippen LogP contribution in [0.3, 0.4) is 0 Å². The van der Waals surface area contributed by atoms with Crippen molar-refractivity contribution >= 4 is 65.0 Å². The SMILES string of the molecule is CC[C@H](C)[C@H](N)C(=O)N[C@@H](C)C(=O)N1CCC[C@H]1C(=O)N[C@@H](CC(N)=O)C(=O)NCC(=O)N[C@@H](C)C(=O)N[C@@H](CCC(N)=O)C(=O)N[C@H](C(=O)N[C@@H](CC(C)C)C(=O)O)C(C)C. The van der Waals surface area contributed by atoms with Crippen LogP contribution in [0.5, 0.6) is 0 Å². The highest BCUT2D eigenvalue weighted by Crippen LogP contribution is 2.19. The zero-order valence-corrected chi connectivity index (χ0v) is 36.8. The summed E-state index contributed by atoms with van der Waals surface area (Å²) in [6.07, 6.45) is 0.0590. The van der Waals surface area contributed by atoms with Gasteiger partial charge in [0.25, 0.3) is 0 Å². The number of aliphatic carboxylic acids is 1. The van der Waals surface area contributed by atoms with Gasteiger partial charge in [-0.2, -0.15) is 0 Å². The molecule has 1 saturated heterocycles. The zero-order valence-electron chi connectivity index (χ0n) is 36.8. The Kier molecular flexibility index (Phi) is 22.5. The van der Waals surface area contributed by atoms with Gasteiger partial charge in [-0.25, -0.2) is 4.79 Å². The third-order valence-electron chi connectivity index (χ3n) is 10.2. The number of carbonyl (C=O) groups is 11. The maximum Gasteiger partial charge on any atom is 0.326 e. The Labute approximate surface area is 361 Å². The predicted octanol–water partition coefficient (Wildman–Crippen LogP) is -3.66. The van der Waals surface area contributed by atoms with E-state index in [4.69, 9.17) is 17.2 Å². The first-order chi connectivity index (χ1) is 28.8. The lowest BCUT2D eigenvalue weighted by atomic mass is 9.99. The molecule has 23 heteroatoms. The second-order valence-electron chi connectivity index (χ2n) is 16.4. The summed E-state index contributed by atoms with van der Waals surface area (Å²) in [5.41, 5.74) is 16.6. The van der Waals surface area contributed by atoms with Crippen molar-refractivity contribution in [3.8, 4) is 0 Å². The molecule has 0 unspecified atom stereocenters. The highest BCUT2D eigenvalue weighted by molar-refractivity contribution is 5.98. The van der Waals surface area contributed by atoms with Crippen molar-refractivity contribution in [1.82, 2.24) is 42.1 Å². The van der Waals surface area contributed by atoms with Gasteiger partial charge < -0.3 is 64.4 Å². The molecule has 0 aliphatic carbocycles. The Balaban J connectivity index is 2.96. The topological polar surface area (TPSA) is 374 Å². The molecule has 1 fully saturated rings. The minimum Gasteiger partial charge on any atom is -0.480 e. The molecule has 350 valence electrons. The van der Waals surface area contributed by atoms with E-state index in [1.165, 1.54) is 18.7 Å². The zero-order chi connectivity index (χ0) is 47.6. The summed E-state index contributed by atoms with van der Waals surface area (Å²) in [6.45, 7) is 12.5. The molecule has 1 heterocycles. The molecule has 1 rings (SSSR count). The Morgan fingerprint density at radius 3 is 1.84 bits per heavy atom. The number of likely N-dealkylation sites (tertiary alicyclic amines) is 1. The van der Waals surface area contributed by atoms with Gasteiger partial charge in [-0.05, 0) is 57.3 Å². The maximum absolute atomic E-state index is 13.4. The lowest BCUT2D eigenvalue weighted by Crippen LogP contribution is -2.59. The molecule has 1 aliphatic rings. The number of nitrogens with one attached hydrogen (secondary N) is 7. The van der Waals surface area contributed by atoms with Crippen LogP contribution in [0, 0.1) is 17.8 Å². The largest absolute Gasteiger partial charge is 0.480 e. The van der Waals surface area contributed by atoms with Crippen LogP contribution in [0.15, 0.2) is 0 Å². The fraction of sp³-hybridized carbons (Fsp3) is 0.718. The van der Waals surface area contributed by atoms with Crippen LogP contribution in [0.4, 0.5) is 0 Å². The van der Waals surface area contributed by atoms with Gasteiger partial charge in [0, 0.05) is 13.0 Å². The number of carbonyl (C=O) groups excluding carboxylic acids is 10. The van der Waals surface area contributed by atoms with E-state index in [1.54, 1.807) is 34.6 Å². The molecule has 14 N–H and O–H groups in total. The van der Waals surface area contributed by atoms with Crippen molar-refractivity contribution in [3.63, 3.8) is 0 Å². The summed E-state index contributed by atoms with van der Waals surface area (Å²) in [7, 11) is 0. The Bertz CT molecular complexity index is 1660. The lowest BCUT2D eigenvalue weighted by Gasteiger charge is -2.29. The van der Waals surface area contributed by atoms with Crippen molar-refractivity contribution < 1.29 is 57.8 Å². The molecule has 23 nitrogen and oxygen atoms in total. The number of nitrogens with two attached hydrogens (primary N) is 3. The van der Waals surface area contributed by atoms with E-state index >= 15 is 0 Å². The molecule has 0 aromatic carbocycles. The average Bonchev–Trinajstić information content (AvgIpc) is 3.68. The van der Waals surface area contributed by atoms with Crippen molar-refractivity contribution in [2.24, 2.45) is 35.0 Å². The molecule has 0 aromatic heterocycles. The van der Waals surface area contributed by atoms with Gasteiger partial charge in [-0.3, -0.25) is 47.9 Å². The molecule has 0 spiro atoms. The molecular weight excluding hydrogens is 814 g/mol. The third-order valence-corrected chi connectivity index (χ3v) is 10.2. The van der Waals surface area contributed by atoms with E-state index in [1.807, 2.05) is 6.92 Å². The number of hydrogen-bond acceptors (Lipinski definition) is 12. The van der Waals surface area contributed by atoms with Crippen molar-refractivity contribution in [2.75, 3.05) is 13.1 Å². The van der Waals surface area contributed by atoms with Crippen LogP contribution in [0.2, 0.25) is 0 Å². The molecule has 10 amide bonds. The summed E-state index contributed by atoms with van der Waals surface area (Å²) < 4.78 is 0. The smallest absolute Gasteiger partial charge is 0.326 e. The van der Waals surface area contributed by atoms with Crippen molar-refractivity contribution in [1.29, 1.82) is 0 Å². The van der Waals surface area contributed by atoms with E-state index < -0.39 is 132 Å². The van der Waals surface area contributed by atoms with Crippen LogP contribution >= 0.6 is 0 Å². The summed E-state index contributed by atoms with van der Waals surface area (Å²) in [5, 5.41) is 26.4. The van der Waals surface area contributed by atoms with Crippen LogP contribution in [0.25, 0.3) is 0 Å². The standard InChI is InChI=1S/C39H67N11O12/c1-9-20(6)30(42)36(58)45-22(8)38(60)50-14-10-11-26(50)35(57)47-24(16-28(41)52)33(55)43-17-29(53)44-21(7)32(54)46-23(12-13-27(40)51)34(56)49-31(19(4)5)37(59)48-25(39(61)62)15-18(2)3/h18-26,30-31H,9-17,42H2,1-8H3,(H2,40,51)(H2,41,52)(H,43,55)(H,44,53)(H,45,58)(H,46,54)(H,47,57)(H,48,59)(H,49,56)(H,61,62)/t20-,21-,22-,23-,24-,25-,26-,30-,31-/m0/s1. The molecule has 9 atom stereocenters. The Morgan fingerprint density at radius 2 is 1.31 bits per heavy atom. The summed E-state index contributed by atoms with van der Waals surface area (Å²) in [6, 6.07) is -9.75. The van der Waals surface area contributed by atoms with Gasteiger partial charge in [0.2, 0.25) is 59.1 Å². The molecule has 62 heavy (non-hydrogen) atoms. The molecule has 0 radical (unpaired) electrons. The van der Waals surface area contributed by atoms with Crippen LogP contribution in [-0.2, 0) is 52.7 Å². The monoisotopic (exact) mass is 881 g/mol. The second kappa shape index (κ2) is 25.8. The molecule has 0 saturated carbocycles. The molecule has 1 aliphatic heterocycles. The number of primary amides is 2. The fourth-order valence-electron chi connectivity index (χ4n) is 6.36. The Hall–Kier alpha value is -5.87. The van der Waals surface area contributed by atoms with Crippen LogP contribution < -0.4 is 54.4 Å². The summed E-state index contributed by atoms with van der Waals surface area (Å²) >= 11 is 0. The first kappa shape index (κ1) is 54.1. The second-order valence-corrected chi connectivity index (χ2v) is 16.4. The number of carboxylic acid groups (broad SMARTS) is 1. The average molecular weight is 882 g/mol. The molecule has 0 aromatic rings. The Morgan fingerprint density at radius 1 is 0.694 bits per heavy atom. The minimum absolute atomic E-state index is 0.0757. The van der Waals surface area contributed by atoms with Gasteiger partial charge >= 0.3 is 5.97 Å². The number of hydrogen-bond donors (Lipinski definition) is 11. The van der Waals surface area contributed by atoms with Gasteiger partial charge in [0.1, 0.15) is 42.3 Å². The molecule has 0 bridgehead atoms. The van der Waals surface area contributed by atoms with Gasteiger partial charge in [0.05, 0.1) is 19.0 Å². The summed E-state index contributed by atoms with van der Waals surface area (Å²) in [4.78, 5) is 141. The third kappa shape index (κ3) is 18.0. The molecular formula is C39H67N11O12. The first-order valence-electron chi connectivity index (χ1n) is 20.7. The van der Waals surface area contributed by atoms with Crippen LogP contribution in [0.1, 0.15) is 100 Å². The van der Waals surface area contributed by atoms with Crippen molar-refractivity contribution in [2.45, 2.75) is 149 Å². The van der Waals surface area contributed by atoms with E-state index in [9.17, 15) is 57.8 Å². The van der Waals surface area contributed by atoms with E-state index in [-0.39, 0.29) is 44.1 Å². The quantitative estimate of drug-likeness (QED) is 0.0400. The van der Waals surface area contributed by atoms with Crippen LogP contribution in [-0.4, -0.2) is 136 Å². The predicted molar refractivity (Wildman–Crippen MR) is 222 cm³/mol. The number of nitrogens with zero attached hydrogens (tertiary/aromatic N) is 1. The lowest BCUT2D eigenvalue weighted by molar-refractivity contribution is -0.143. The number of rotatable bonds is 26. The minimum atomic E-state index is -1.57. The highest BCUT2D eigenvalue weighted by atomic mass is 16.4. The normalized spacial score (nSPS) is 17.5. The van der Waals surface area contributed by atoms with Crippen molar-refractivity contribution in [3.05, 3.63) is 0 Å². The summed E-state index contributed by atoms with van der Waals surface area (Å²) in [5.74, 6) is -10.2. The first-order valence-corrected chi connectivity index (χ1v) is 20.7. The van der Waals surface area contributed by atoms with E-state index in [0.717, 1.165) is 0 Å². The highest BCUT2D eigenvalue weighted by Gasteiger charge is 2.39. The van der Waals surface area contributed by atoms with Gasteiger partial charge in [-0.1, -0.05) is 48.0 Å². The fourth-order valence-corrected chi connectivity index (χ4v) is 6.36. The van der Waals surface area contributed by atoms with Gasteiger partial charge in [0.15, 0.2) is 0 Å². The number of amides is 10. The van der Waals surface area contributed by atoms with E-state index in [2.05, 4.69) is 37.2 Å². The number of carboxylic acids is 1. The van der Waals surface area contributed by atoms with E-state index in [0.29, 0.717) is 12.8 Å².